The summed E-state index contributed by atoms with van der Waals surface area (Å²) in [5, 5.41) is 14.6. The van der Waals surface area contributed by atoms with Crippen molar-refractivity contribution >= 4 is 21.5 Å². The van der Waals surface area contributed by atoms with E-state index in [1.54, 1.807) is 0 Å². The minimum Gasteiger partial charge on any atom is -0.489 e. The second kappa shape index (κ2) is 7.85. The summed E-state index contributed by atoms with van der Waals surface area (Å²) in [7, 11) is 0. The number of fused-ring (bicyclic) bond motifs is 2. The summed E-state index contributed by atoms with van der Waals surface area (Å²) in [5.74, 6) is 0.839. The van der Waals surface area contributed by atoms with Crippen molar-refractivity contribution in [3.63, 3.8) is 0 Å². The van der Waals surface area contributed by atoms with Gasteiger partial charge in [-0.05, 0) is 43.2 Å². The van der Waals surface area contributed by atoms with Crippen LogP contribution < -0.4 is 4.74 Å². The van der Waals surface area contributed by atoms with E-state index in [2.05, 4.69) is 63.2 Å². The van der Waals surface area contributed by atoms with Crippen LogP contribution in [0.5, 0.6) is 5.75 Å². The molecule has 3 heteroatoms. The zero-order chi connectivity index (χ0) is 17.8. The Balaban J connectivity index is 1.96. The maximum absolute atomic E-state index is 10.1. The summed E-state index contributed by atoms with van der Waals surface area (Å²) in [6, 6.07) is 14.9. The molecule has 3 nitrogen and oxygen atoms in total. The van der Waals surface area contributed by atoms with E-state index >= 15 is 0 Å². The predicted octanol–water partition coefficient (Wildman–Crippen LogP) is 4.78. The van der Waals surface area contributed by atoms with Crippen LogP contribution in [0.1, 0.15) is 24.5 Å². The lowest BCUT2D eigenvalue weighted by atomic mass is 9.99. The first kappa shape index (κ1) is 17.7. The van der Waals surface area contributed by atoms with E-state index in [1.165, 1.54) is 11.1 Å². The van der Waals surface area contributed by atoms with Crippen LogP contribution in [-0.2, 0) is 4.74 Å². The monoisotopic (exact) mass is 338 g/mol. The Kier molecular flexibility index (Phi) is 5.57. The number of aryl methyl sites for hydroxylation is 2. The molecule has 1 atom stereocenters. The topological polar surface area (TPSA) is 38.7 Å². The first-order valence-electron chi connectivity index (χ1n) is 8.91. The Labute approximate surface area is 149 Å². The summed E-state index contributed by atoms with van der Waals surface area (Å²) in [4.78, 5) is 0. The Morgan fingerprint density at radius 1 is 0.880 bits per heavy atom. The third-order valence-electron chi connectivity index (χ3n) is 4.29. The molecular formula is C22H26O3. The van der Waals surface area contributed by atoms with Crippen molar-refractivity contribution in [2.24, 2.45) is 0 Å². The molecule has 0 amide bonds. The number of rotatable bonds is 7. The summed E-state index contributed by atoms with van der Waals surface area (Å²) in [6.07, 6.45) is 0.312. The van der Waals surface area contributed by atoms with Crippen molar-refractivity contribution in [1.82, 2.24) is 0 Å². The highest BCUT2D eigenvalue weighted by Gasteiger charge is 2.12. The van der Waals surface area contributed by atoms with Gasteiger partial charge in [-0.15, -0.1) is 0 Å². The van der Waals surface area contributed by atoms with Crippen molar-refractivity contribution in [2.45, 2.75) is 33.3 Å². The third-order valence-corrected chi connectivity index (χ3v) is 4.29. The number of ether oxygens (including phenoxy) is 2. The van der Waals surface area contributed by atoms with Gasteiger partial charge in [0.25, 0.3) is 0 Å². The first-order valence-corrected chi connectivity index (χ1v) is 8.91. The molecule has 1 unspecified atom stereocenters. The molecule has 0 aliphatic carbocycles. The lowest BCUT2D eigenvalue weighted by Crippen LogP contribution is -2.23. The van der Waals surface area contributed by atoms with E-state index in [-0.39, 0.29) is 6.61 Å². The smallest absolute Gasteiger partial charge is 0.135 e. The second-order valence-electron chi connectivity index (χ2n) is 6.69. The molecule has 0 saturated heterocycles. The van der Waals surface area contributed by atoms with Crippen LogP contribution in [0.25, 0.3) is 21.5 Å². The van der Waals surface area contributed by atoms with Crippen molar-refractivity contribution in [2.75, 3.05) is 19.8 Å². The number of benzene rings is 3. The zero-order valence-corrected chi connectivity index (χ0v) is 15.2. The second-order valence-corrected chi connectivity index (χ2v) is 6.69. The SMILES string of the molecule is CCCOCC(O)COc1c2ccc(C)cc2cc2ccc(C)cc12. The maximum atomic E-state index is 10.1. The maximum Gasteiger partial charge on any atom is 0.135 e. The third kappa shape index (κ3) is 4.12. The zero-order valence-electron chi connectivity index (χ0n) is 15.2. The summed E-state index contributed by atoms with van der Waals surface area (Å²) < 4.78 is 11.5. The number of aliphatic hydroxyl groups is 1. The van der Waals surface area contributed by atoms with Gasteiger partial charge in [-0.25, -0.2) is 0 Å². The molecule has 0 radical (unpaired) electrons. The van der Waals surface area contributed by atoms with E-state index in [0.717, 1.165) is 33.7 Å². The molecule has 25 heavy (non-hydrogen) atoms. The van der Waals surface area contributed by atoms with Gasteiger partial charge in [0.15, 0.2) is 0 Å². The predicted molar refractivity (Wildman–Crippen MR) is 104 cm³/mol. The van der Waals surface area contributed by atoms with E-state index < -0.39 is 6.10 Å². The lowest BCUT2D eigenvalue weighted by molar-refractivity contribution is 0.0129. The van der Waals surface area contributed by atoms with E-state index in [9.17, 15) is 5.11 Å². The molecule has 0 bridgehead atoms. The van der Waals surface area contributed by atoms with Crippen molar-refractivity contribution in [1.29, 1.82) is 0 Å². The molecule has 0 aromatic heterocycles. The normalized spacial score (nSPS) is 12.6. The minimum atomic E-state index is -0.632. The van der Waals surface area contributed by atoms with Crippen molar-refractivity contribution in [3.05, 3.63) is 53.6 Å². The molecule has 132 valence electrons. The number of aliphatic hydroxyl groups excluding tert-OH is 1. The summed E-state index contributed by atoms with van der Waals surface area (Å²) >= 11 is 0. The van der Waals surface area contributed by atoms with Crippen LogP contribution in [0.15, 0.2) is 42.5 Å². The van der Waals surface area contributed by atoms with Crippen LogP contribution in [0, 0.1) is 13.8 Å². The molecule has 1 N–H and O–H groups in total. The number of hydrogen-bond acceptors (Lipinski definition) is 3. The van der Waals surface area contributed by atoms with Gasteiger partial charge in [0, 0.05) is 17.4 Å². The van der Waals surface area contributed by atoms with Gasteiger partial charge >= 0.3 is 0 Å². The van der Waals surface area contributed by atoms with Gasteiger partial charge in [-0.2, -0.15) is 0 Å². The first-order chi connectivity index (χ1) is 12.1. The van der Waals surface area contributed by atoms with E-state index in [4.69, 9.17) is 9.47 Å². The Morgan fingerprint density at radius 3 is 2.44 bits per heavy atom. The largest absolute Gasteiger partial charge is 0.489 e. The molecule has 0 fully saturated rings. The average Bonchev–Trinajstić information content (AvgIpc) is 2.59. The lowest BCUT2D eigenvalue weighted by Gasteiger charge is -2.17. The minimum absolute atomic E-state index is 0.222. The van der Waals surface area contributed by atoms with Crippen molar-refractivity contribution in [3.8, 4) is 5.75 Å². The van der Waals surface area contributed by atoms with Gasteiger partial charge in [0.2, 0.25) is 0 Å². The fraction of sp³-hybridized carbons (Fsp3) is 0.364. The van der Waals surface area contributed by atoms with Crippen LogP contribution in [0.4, 0.5) is 0 Å². The summed E-state index contributed by atoms with van der Waals surface area (Å²) in [6.45, 7) is 7.40. The van der Waals surface area contributed by atoms with Crippen LogP contribution in [-0.4, -0.2) is 31.0 Å². The van der Waals surface area contributed by atoms with Gasteiger partial charge in [0.05, 0.1) is 6.61 Å². The number of hydrogen-bond donors (Lipinski definition) is 1. The average molecular weight is 338 g/mol. The Morgan fingerprint density at radius 2 is 1.64 bits per heavy atom. The molecule has 0 heterocycles. The molecule has 3 rings (SSSR count). The van der Waals surface area contributed by atoms with E-state index in [0.29, 0.717) is 13.2 Å². The fourth-order valence-electron chi connectivity index (χ4n) is 3.06. The molecule has 0 aliphatic rings. The highest BCUT2D eigenvalue weighted by atomic mass is 16.5. The van der Waals surface area contributed by atoms with Crippen LogP contribution in [0.3, 0.4) is 0 Å². The molecule has 3 aromatic carbocycles. The van der Waals surface area contributed by atoms with Crippen molar-refractivity contribution < 1.29 is 14.6 Å². The highest BCUT2D eigenvalue weighted by Crippen LogP contribution is 2.36. The summed E-state index contributed by atoms with van der Waals surface area (Å²) in [5.41, 5.74) is 2.41. The molecule has 0 saturated carbocycles. The fourth-order valence-corrected chi connectivity index (χ4v) is 3.06. The van der Waals surface area contributed by atoms with Gasteiger partial charge in [0.1, 0.15) is 18.5 Å². The standard InChI is InChI=1S/C22H26O3/c1-4-9-24-13-19(23)14-25-22-20-8-6-15(2)10-18(20)12-17-7-5-16(3)11-21(17)22/h5-8,10-12,19,23H,4,9,13-14H2,1-3H3. The van der Waals surface area contributed by atoms with Gasteiger partial charge in [-0.1, -0.05) is 48.4 Å². The van der Waals surface area contributed by atoms with Crippen LogP contribution in [0.2, 0.25) is 0 Å². The van der Waals surface area contributed by atoms with Gasteiger partial charge < -0.3 is 14.6 Å². The molecule has 0 spiro atoms. The van der Waals surface area contributed by atoms with Crippen LogP contribution >= 0.6 is 0 Å². The Hall–Kier alpha value is -2.10. The quantitative estimate of drug-likeness (QED) is 0.498. The molecule has 0 aliphatic heterocycles. The van der Waals surface area contributed by atoms with E-state index in [1.807, 2.05) is 0 Å². The van der Waals surface area contributed by atoms with Gasteiger partial charge in [-0.3, -0.25) is 0 Å². The molecular weight excluding hydrogens is 312 g/mol. The molecule has 3 aromatic rings. The Bertz CT molecular complexity index is 870. The highest BCUT2D eigenvalue weighted by molar-refractivity contribution is 6.05.